The number of aryl methyl sites for hydroxylation is 1. The first-order valence-electron chi connectivity index (χ1n) is 5.45. The van der Waals surface area contributed by atoms with Crippen LogP contribution < -0.4 is 4.74 Å². The molecule has 2 rings (SSSR count). The van der Waals surface area contributed by atoms with Gasteiger partial charge in [0.25, 0.3) is 0 Å². The van der Waals surface area contributed by atoms with Crippen molar-refractivity contribution in [1.82, 2.24) is 0 Å². The summed E-state index contributed by atoms with van der Waals surface area (Å²) in [7, 11) is 0. The zero-order chi connectivity index (χ0) is 11.1. The van der Waals surface area contributed by atoms with Crippen molar-refractivity contribution in [2.75, 3.05) is 0 Å². The van der Waals surface area contributed by atoms with Crippen molar-refractivity contribution in [3.8, 4) is 5.75 Å². The molecule has 1 atom stereocenters. The third-order valence-corrected chi connectivity index (χ3v) is 2.86. The number of rotatable bonds is 0. The minimum Gasteiger partial charge on any atom is -0.465 e. The van der Waals surface area contributed by atoms with E-state index in [-0.39, 0.29) is 5.41 Å². The summed E-state index contributed by atoms with van der Waals surface area (Å²) in [4.78, 5) is 0. The summed E-state index contributed by atoms with van der Waals surface area (Å²) in [6.07, 6.45) is 0.968. The molecule has 1 N–H and O–H groups in total. The van der Waals surface area contributed by atoms with E-state index in [9.17, 15) is 5.11 Å². The normalized spacial score (nSPS) is 20.7. The van der Waals surface area contributed by atoms with Gasteiger partial charge in [-0.05, 0) is 29.0 Å². The highest BCUT2D eigenvalue weighted by molar-refractivity contribution is 5.41. The van der Waals surface area contributed by atoms with Crippen LogP contribution in [0.4, 0.5) is 0 Å². The number of aliphatic hydroxyl groups excluding tert-OH is 1. The molecule has 0 radical (unpaired) electrons. The van der Waals surface area contributed by atoms with Crippen molar-refractivity contribution in [2.24, 2.45) is 0 Å². The third kappa shape index (κ3) is 2.15. The quantitative estimate of drug-likeness (QED) is 0.707. The summed E-state index contributed by atoms with van der Waals surface area (Å²) in [6, 6.07) is 6.32. The molecule has 15 heavy (non-hydrogen) atoms. The Morgan fingerprint density at radius 2 is 2.07 bits per heavy atom. The Labute approximate surface area is 90.9 Å². The first-order valence-corrected chi connectivity index (χ1v) is 5.45. The molecule has 0 saturated carbocycles. The molecular formula is C13H18O2. The van der Waals surface area contributed by atoms with Gasteiger partial charge in [0.05, 0.1) is 0 Å². The van der Waals surface area contributed by atoms with E-state index in [1.807, 2.05) is 0 Å². The fraction of sp³-hybridized carbons (Fsp3) is 0.538. The number of ether oxygens (including phenoxy) is 1. The van der Waals surface area contributed by atoms with Crippen molar-refractivity contribution in [2.45, 2.75) is 45.3 Å². The molecule has 0 saturated heterocycles. The van der Waals surface area contributed by atoms with Crippen LogP contribution in [0, 0.1) is 0 Å². The van der Waals surface area contributed by atoms with Gasteiger partial charge in [-0.2, -0.15) is 0 Å². The molecule has 0 spiro atoms. The first-order chi connectivity index (χ1) is 6.97. The molecule has 2 heteroatoms. The third-order valence-electron chi connectivity index (χ3n) is 2.86. The first kappa shape index (κ1) is 10.5. The second kappa shape index (κ2) is 3.53. The molecule has 1 aromatic carbocycles. The predicted octanol–water partition coefficient (Wildman–Crippen LogP) is 2.63. The number of hydrogen-bond donors (Lipinski definition) is 1. The van der Waals surface area contributed by atoms with Crippen LogP contribution in [0.3, 0.4) is 0 Å². The zero-order valence-corrected chi connectivity index (χ0v) is 9.58. The number of aliphatic hydroxyl groups is 1. The molecule has 0 aliphatic carbocycles. The van der Waals surface area contributed by atoms with Crippen LogP contribution in [0.5, 0.6) is 5.75 Å². The molecule has 1 unspecified atom stereocenters. The zero-order valence-electron chi connectivity index (χ0n) is 9.58. The van der Waals surface area contributed by atoms with Gasteiger partial charge >= 0.3 is 0 Å². The van der Waals surface area contributed by atoms with Gasteiger partial charge in [0.15, 0.2) is 6.29 Å². The molecule has 1 aromatic rings. The molecular weight excluding hydrogens is 188 g/mol. The fourth-order valence-corrected chi connectivity index (χ4v) is 1.82. The van der Waals surface area contributed by atoms with Gasteiger partial charge in [-0.1, -0.05) is 32.9 Å². The van der Waals surface area contributed by atoms with Gasteiger partial charge < -0.3 is 9.84 Å². The lowest BCUT2D eigenvalue weighted by atomic mass is 9.86. The fourth-order valence-electron chi connectivity index (χ4n) is 1.82. The molecule has 0 bridgehead atoms. The molecule has 0 amide bonds. The smallest absolute Gasteiger partial charge is 0.197 e. The van der Waals surface area contributed by atoms with Gasteiger partial charge in [0, 0.05) is 6.42 Å². The van der Waals surface area contributed by atoms with Crippen molar-refractivity contribution < 1.29 is 9.84 Å². The van der Waals surface area contributed by atoms with Gasteiger partial charge in [-0.15, -0.1) is 0 Å². The Balaban J connectivity index is 2.37. The summed E-state index contributed by atoms with van der Waals surface area (Å²) >= 11 is 0. The Morgan fingerprint density at radius 1 is 1.33 bits per heavy atom. The van der Waals surface area contributed by atoms with Crippen molar-refractivity contribution >= 4 is 0 Å². The minimum atomic E-state index is -0.632. The van der Waals surface area contributed by atoms with Gasteiger partial charge in [-0.3, -0.25) is 0 Å². The molecule has 1 aliphatic heterocycles. The Hall–Kier alpha value is -1.02. The standard InChI is InChI=1S/C13H18O2/c1-13(2,3)10-6-4-9-5-7-12(14)15-11(9)8-10/h4,6,8,12,14H,5,7H2,1-3H3. The molecule has 1 aliphatic rings. The van der Waals surface area contributed by atoms with Gasteiger partial charge in [0.2, 0.25) is 0 Å². The summed E-state index contributed by atoms with van der Waals surface area (Å²) in [5.41, 5.74) is 2.57. The second-order valence-electron chi connectivity index (χ2n) is 5.18. The van der Waals surface area contributed by atoms with E-state index in [4.69, 9.17) is 4.74 Å². The number of hydrogen-bond acceptors (Lipinski definition) is 2. The molecule has 82 valence electrons. The number of fused-ring (bicyclic) bond motifs is 1. The molecule has 1 heterocycles. The lowest BCUT2D eigenvalue weighted by molar-refractivity contribution is -0.0317. The molecule has 0 fully saturated rings. The largest absolute Gasteiger partial charge is 0.465 e. The maximum atomic E-state index is 9.43. The highest BCUT2D eigenvalue weighted by Gasteiger charge is 2.20. The molecule has 0 aromatic heterocycles. The van der Waals surface area contributed by atoms with Crippen molar-refractivity contribution in [3.05, 3.63) is 29.3 Å². The topological polar surface area (TPSA) is 29.5 Å². The van der Waals surface area contributed by atoms with Crippen LogP contribution in [0.1, 0.15) is 38.3 Å². The number of benzene rings is 1. The van der Waals surface area contributed by atoms with Crippen LogP contribution in [0.15, 0.2) is 18.2 Å². The van der Waals surface area contributed by atoms with Gasteiger partial charge in [-0.25, -0.2) is 0 Å². The summed E-state index contributed by atoms with van der Waals surface area (Å²) in [5.74, 6) is 0.848. The van der Waals surface area contributed by atoms with Crippen LogP contribution in [0.2, 0.25) is 0 Å². The average molecular weight is 206 g/mol. The van der Waals surface area contributed by atoms with Crippen molar-refractivity contribution in [3.63, 3.8) is 0 Å². The van der Waals surface area contributed by atoms with E-state index in [2.05, 4.69) is 39.0 Å². The van der Waals surface area contributed by atoms with E-state index < -0.39 is 6.29 Å². The van der Waals surface area contributed by atoms with Crippen LogP contribution in [-0.4, -0.2) is 11.4 Å². The summed E-state index contributed by atoms with van der Waals surface area (Å²) < 4.78 is 5.42. The Kier molecular flexibility index (Phi) is 2.47. The summed E-state index contributed by atoms with van der Waals surface area (Å²) in [6.45, 7) is 6.52. The minimum absolute atomic E-state index is 0.126. The highest BCUT2D eigenvalue weighted by atomic mass is 16.6. The maximum Gasteiger partial charge on any atom is 0.197 e. The lowest BCUT2D eigenvalue weighted by Gasteiger charge is -2.25. The Morgan fingerprint density at radius 3 is 2.73 bits per heavy atom. The van der Waals surface area contributed by atoms with Crippen LogP contribution in [0.25, 0.3) is 0 Å². The SMILES string of the molecule is CC(C)(C)c1ccc2c(c1)OC(O)CC2. The van der Waals surface area contributed by atoms with E-state index in [0.29, 0.717) is 6.42 Å². The Bertz CT molecular complexity index is 363. The van der Waals surface area contributed by atoms with Crippen LogP contribution >= 0.6 is 0 Å². The second-order valence-corrected chi connectivity index (χ2v) is 5.18. The monoisotopic (exact) mass is 206 g/mol. The van der Waals surface area contributed by atoms with E-state index in [0.717, 1.165) is 12.2 Å². The summed E-state index contributed by atoms with van der Waals surface area (Å²) in [5, 5.41) is 9.43. The maximum absolute atomic E-state index is 9.43. The van der Waals surface area contributed by atoms with E-state index in [1.165, 1.54) is 11.1 Å². The molecule has 2 nitrogen and oxygen atoms in total. The van der Waals surface area contributed by atoms with Crippen LogP contribution in [-0.2, 0) is 11.8 Å². The highest BCUT2D eigenvalue weighted by Crippen LogP contribution is 2.32. The predicted molar refractivity (Wildman–Crippen MR) is 60.1 cm³/mol. The van der Waals surface area contributed by atoms with Gasteiger partial charge in [0.1, 0.15) is 5.75 Å². The lowest BCUT2D eigenvalue weighted by Crippen LogP contribution is -2.22. The average Bonchev–Trinajstić information content (AvgIpc) is 2.15. The van der Waals surface area contributed by atoms with Crippen molar-refractivity contribution in [1.29, 1.82) is 0 Å². The van der Waals surface area contributed by atoms with E-state index in [1.54, 1.807) is 0 Å². The van der Waals surface area contributed by atoms with E-state index >= 15 is 0 Å².